The van der Waals surface area contributed by atoms with Crippen LogP contribution in [0.4, 0.5) is 0 Å². The zero-order valence-corrected chi connectivity index (χ0v) is 15.8. The minimum atomic E-state index is 0.842. The lowest BCUT2D eigenvalue weighted by Crippen LogP contribution is -2.39. The fraction of sp³-hybridized carbons (Fsp3) is 0.333. The molecular weight excluding hydrogens is 322 g/mol. The van der Waals surface area contributed by atoms with Crippen LogP contribution >= 0.6 is 0 Å². The molecule has 3 N–H and O–H groups in total. The van der Waals surface area contributed by atoms with Crippen molar-refractivity contribution in [3.63, 3.8) is 0 Å². The number of fused-ring (bicyclic) bond motifs is 1. The number of benzene rings is 1. The van der Waals surface area contributed by atoms with Crippen molar-refractivity contribution in [1.82, 2.24) is 20.6 Å². The van der Waals surface area contributed by atoms with Crippen LogP contribution in [0.5, 0.6) is 0 Å². The Morgan fingerprint density at radius 1 is 1.08 bits per heavy atom. The monoisotopic (exact) mass is 349 g/mol. The van der Waals surface area contributed by atoms with Gasteiger partial charge in [0.05, 0.1) is 0 Å². The first kappa shape index (κ1) is 18.0. The van der Waals surface area contributed by atoms with Gasteiger partial charge in [-0.25, -0.2) is 0 Å². The Kier molecular flexibility index (Phi) is 5.89. The molecule has 0 atom stereocenters. The average molecular weight is 349 g/mol. The van der Waals surface area contributed by atoms with Crippen LogP contribution in [0, 0.1) is 13.8 Å². The lowest BCUT2D eigenvalue weighted by atomic mass is 10.1. The number of rotatable bonds is 6. The van der Waals surface area contributed by atoms with Crippen molar-refractivity contribution in [2.45, 2.75) is 26.7 Å². The maximum atomic E-state index is 4.32. The Hall–Kier alpha value is -2.82. The SMILES string of the molecule is CN=C(NCCc1ccncc1C)NCCc1c(C)[nH]c2ccccc12. The standard InChI is InChI=1S/C21H27N5/c1-15-14-23-11-8-17(15)9-12-24-21(22-3)25-13-10-18-16(2)26-20-7-5-4-6-19(18)20/h4-8,11,14,26H,9-10,12-13H2,1-3H3,(H2,22,24,25). The second-order valence-electron chi connectivity index (χ2n) is 6.50. The number of nitrogens with zero attached hydrogens (tertiary/aromatic N) is 2. The van der Waals surface area contributed by atoms with Crippen LogP contribution in [0.1, 0.15) is 22.4 Å². The first-order chi connectivity index (χ1) is 12.7. The molecule has 26 heavy (non-hydrogen) atoms. The first-order valence-electron chi connectivity index (χ1n) is 9.09. The van der Waals surface area contributed by atoms with Gasteiger partial charge in [-0.1, -0.05) is 18.2 Å². The van der Waals surface area contributed by atoms with Gasteiger partial charge in [-0.3, -0.25) is 9.98 Å². The van der Waals surface area contributed by atoms with Gasteiger partial charge in [0, 0.05) is 49.1 Å². The van der Waals surface area contributed by atoms with E-state index in [-0.39, 0.29) is 0 Å². The van der Waals surface area contributed by atoms with Crippen LogP contribution in [0.3, 0.4) is 0 Å². The van der Waals surface area contributed by atoms with Gasteiger partial charge in [0.25, 0.3) is 0 Å². The summed E-state index contributed by atoms with van der Waals surface area (Å²) < 4.78 is 0. The summed E-state index contributed by atoms with van der Waals surface area (Å²) in [6, 6.07) is 10.5. The van der Waals surface area contributed by atoms with Gasteiger partial charge >= 0.3 is 0 Å². The summed E-state index contributed by atoms with van der Waals surface area (Å²) in [5.74, 6) is 0.842. The van der Waals surface area contributed by atoms with Crippen LogP contribution in [0.15, 0.2) is 47.7 Å². The van der Waals surface area contributed by atoms with Gasteiger partial charge < -0.3 is 15.6 Å². The van der Waals surface area contributed by atoms with E-state index in [0.717, 1.165) is 31.9 Å². The predicted molar refractivity (Wildman–Crippen MR) is 109 cm³/mol. The zero-order valence-electron chi connectivity index (χ0n) is 15.8. The third-order valence-corrected chi connectivity index (χ3v) is 4.74. The first-order valence-corrected chi connectivity index (χ1v) is 9.09. The van der Waals surface area contributed by atoms with E-state index in [2.05, 4.69) is 69.8 Å². The van der Waals surface area contributed by atoms with Gasteiger partial charge in [0.2, 0.25) is 0 Å². The van der Waals surface area contributed by atoms with Gasteiger partial charge in [0.1, 0.15) is 0 Å². The van der Waals surface area contributed by atoms with Crippen molar-refractivity contribution >= 4 is 16.9 Å². The third-order valence-electron chi connectivity index (χ3n) is 4.74. The van der Waals surface area contributed by atoms with Crippen molar-refractivity contribution < 1.29 is 0 Å². The molecule has 0 unspecified atom stereocenters. The number of pyridine rings is 1. The quantitative estimate of drug-likeness (QED) is 0.473. The molecule has 3 aromatic rings. The molecule has 0 radical (unpaired) electrons. The minimum absolute atomic E-state index is 0.842. The minimum Gasteiger partial charge on any atom is -0.358 e. The number of H-pyrrole nitrogens is 1. The van der Waals surface area contributed by atoms with E-state index >= 15 is 0 Å². The maximum absolute atomic E-state index is 4.32. The molecule has 0 saturated carbocycles. The van der Waals surface area contributed by atoms with Crippen molar-refractivity contribution in [3.8, 4) is 0 Å². The van der Waals surface area contributed by atoms with Crippen LogP contribution < -0.4 is 10.6 Å². The molecule has 0 aliphatic rings. The number of nitrogens with one attached hydrogen (secondary N) is 3. The highest BCUT2D eigenvalue weighted by atomic mass is 15.2. The predicted octanol–water partition coefficient (Wildman–Crippen LogP) is 3.13. The van der Waals surface area contributed by atoms with Gasteiger partial charge in [0.15, 0.2) is 5.96 Å². The molecule has 5 heteroatoms. The molecule has 2 aromatic heterocycles. The molecule has 0 aliphatic carbocycles. The molecule has 0 spiro atoms. The Bertz CT molecular complexity index is 894. The van der Waals surface area contributed by atoms with Crippen molar-refractivity contribution in [1.29, 1.82) is 0 Å². The molecule has 0 saturated heterocycles. The molecular formula is C21H27N5. The fourth-order valence-corrected chi connectivity index (χ4v) is 3.28. The smallest absolute Gasteiger partial charge is 0.190 e. The lowest BCUT2D eigenvalue weighted by Gasteiger charge is -2.12. The van der Waals surface area contributed by atoms with Crippen molar-refractivity contribution in [2.24, 2.45) is 4.99 Å². The molecule has 0 aliphatic heterocycles. The molecule has 1 aromatic carbocycles. The number of aryl methyl sites for hydroxylation is 2. The number of aromatic amines is 1. The van der Waals surface area contributed by atoms with E-state index in [1.54, 1.807) is 0 Å². The van der Waals surface area contributed by atoms with E-state index in [4.69, 9.17) is 0 Å². The van der Waals surface area contributed by atoms with E-state index in [0.29, 0.717) is 0 Å². The molecule has 3 rings (SSSR count). The van der Waals surface area contributed by atoms with E-state index in [1.165, 1.54) is 33.3 Å². The van der Waals surface area contributed by atoms with Gasteiger partial charge in [-0.2, -0.15) is 0 Å². The summed E-state index contributed by atoms with van der Waals surface area (Å²) in [7, 11) is 1.81. The van der Waals surface area contributed by atoms with Crippen molar-refractivity contribution in [2.75, 3.05) is 20.1 Å². The topological polar surface area (TPSA) is 65.1 Å². The van der Waals surface area contributed by atoms with E-state index in [1.807, 2.05) is 19.4 Å². The highest BCUT2D eigenvalue weighted by Gasteiger charge is 2.08. The molecule has 2 heterocycles. The molecule has 5 nitrogen and oxygen atoms in total. The largest absolute Gasteiger partial charge is 0.358 e. The normalized spacial score (nSPS) is 11.7. The van der Waals surface area contributed by atoms with Gasteiger partial charge in [-0.15, -0.1) is 0 Å². The summed E-state index contributed by atoms with van der Waals surface area (Å²) in [6.07, 6.45) is 5.67. The summed E-state index contributed by atoms with van der Waals surface area (Å²) in [5.41, 5.74) is 6.36. The Morgan fingerprint density at radius 2 is 1.85 bits per heavy atom. The second-order valence-corrected chi connectivity index (χ2v) is 6.50. The fourth-order valence-electron chi connectivity index (χ4n) is 3.28. The van der Waals surface area contributed by atoms with Crippen LogP contribution in [0.2, 0.25) is 0 Å². The van der Waals surface area contributed by atoms with Crippen LogP contribution in [-0.2, 0) is 12.8 Å². The highest BCUT2D eigenvalue weighted by molar-refractivity contribution is 5.84. The lowest BCUT2D eigenvalue weighted by molar-refractivity contribution is 0.782. The Balaban J connectivity index is 1.50. The highest BCUT2D eigenvalue weighted by Crippen LogP contribution is 2.21. The molecule has 0 amide bonds. The number of hydrogen-bond acceptors (Lipinski definition) is 2. The molecule has 136 valence electrons. The Morgan fingerprint density at radius 3 is 2.62 bits per heavy atom. The van der Waals surface area contributed by atoms with Gasteiger partial charge in [-0.05, 0) is 55.5 Å². The summed E-state index contributed by atoms with van der Waals surface area (Å²) in [6.45, 7) is 5.92. The van der Waals surface area contributed by atoms with Crippen LogP contribution in [-0.4, -0.2) is 36.1 Å². The molecule has 0 fully saturated rings. The summed E-state index contributed by atoms with van der Waals surface area (Å²) in [5, 5.41) is 8.11. The van der Waals surface area contributed by atoms with Crippen molar-refractivity contribution in [3.05, 3.63) is 65.1 Å². The molecule has 0 bridgehead atoms. The number of aliphatic imine (C=N–C) groups is 1. The number of para-hydroxylation sites is 1. The second kappa shape index (κ2) is 8.52. The Labute approximate surface area is 155 Å². The summed E-state index contributed by atoms with van der Waals surface area (Å²) >= 11 is 0. The number of aromatic nitrogens is 2. The van der Waals surface area contributed by atoms with Crippen LogP contribution in [0.25, 0.3) is 10.9 Å². The number of guanidine groups is 1. The zero-order chi connectivity index (χ0) is 18.4. The average Bonchev–Trinajstić information content (AvgIpc) is 2.97. The third kappa shape index (κ3) is 4.23. The van der Waals surface area contributed by atoms with E-state index < -0.39 is 0 Å². The maximum Gasteiger partial charge on any atom is 0.190 e. The number of hydrogen-bond donors (Lipinski definition) is 3. The van der Waals surface area contributed by atoms with E-state index in [9.17, 15) is 0 Å². The summed E-state index contributed by atoms with van der Waals surface area (Å²) in [4.78, 5) is 11.9.